The van der Waals surface area contributed by atoms with Gasteiger partial charge in [-0.3, -0.25) is 4.98 Å². The fraction of sp³-hybridized carbons (Fsp3) is 0.182. The van der Waals surface area contributed by atoms with E-state index in [1.54, 1.807) is 0 Å². The summed E-state index contributed by atoms with van der Waals surface area (Å²) in [5.74, 6) is 0. The highest BCUT2D eigenvalue weighted by molar-refractivity contribution is 5.43. The van der Waals surface area contributed by atoms with E-state index in [1.807, 2.05) is 25.8 Å². The summed E-state index contributed by atoms with van der Waals surface area (Å²) < 4.78 is 2.11. The molecule has 3 nitrogen and oxygen atoms in total. The van der Waals surface area contributed by atoms with Gasteiger partial charge in [0.15, 0.2) is 0 Å². The minimum Gasteiger partial charge on any atom is -0.388 e. The van der Waals surface area contributed by atoms with Crippen molar-refractivity contribution in [2.24, 2.45) is 0 Å². The second kappa shape index (κ2) is 3.96. The lowest BCUT2D eigenvalue weighted by Crippen LogP contribution is -2.30. The van der Waals surface area contributed by atoms with Crippen LogP contribution in [0.1, 0.15) is 5.56 Å². The SMILES string of the molecule is CNc1ccc(C[n+]2cc[nH]c2)cc1. The number of aromatic nitrogens is 2. The summed E-state index contributed by atoms with van der Waals surface area (Å²) in [6, 6.07) is 8.43. The van der Waals surface area contributed by atoms with Crippen molar-refractivity contribution in [3.05, 3.63) is 48.5 Å². The van der Waals surface area contributed by atoms with E-state index < -0.39 is 0 Å². The zero-order valence-corrected chi connectivity index (χ0v) is 8.20. The van der Waals surface area contributed by atoms with Gasteiger partial charge in [0, 0.05) is 12.7 Å². The van der Waals surface area contributed by atoms with E-state index in [-0.39, 0.29) is 0 Å². The molecule has 0 unspecified atom stereocenters. The Kier molecular flexibility index (Phi) is 2.49. The molecule has 1 aromatic carbocycles. The monoisotopic (exact) mass is 188 g/mol. The van der Waals surface area contributed by atoms with Crippen LogP contribution in [0.5, 0.6) is 0 Å². The zero-order valence-electron chi connectivity index (χ0n) is 8.20. The Bertz CT molecular complexity index is 375. The van der Waals surface area contributed by atoms with Gasteiger partial charge < -0.3 is 5.32 Å². The van der Waals surface area contributed by atoms with Crippen molar-refractivity contribution in [3.8, 4) is 0 Å². The topological polar surface area (TPSA) is 31.7 Å². The van der Waals surface area contributed by atoms with Crippen molar-refractivity contribution in [2.75, 3.05) is 12.4 Å². The van der Waals surface area contributed by atoms with E-state index in [2.05, 4.69) is 39.1 Å². The Hall–Kier alpha value is -1.77. The maximum atomic E-state index is 3.10. The third-order valence-corrected chi connectivity index (χ3v) is 2.21. The van der Waals surface area contributed by atoms with Crippen molar-refractivity contribution in [2.45, 2.75) is 6.54 Å². The Morgan fingerprint density at radius 3 is 2.64 bits per heavy atom. The molecule has 0 atom stereocenters. The lowest BCUT2D eigenvalue weighted by molar-refractivity contribution is -0.687. The fourth-order valence-electron chi connectivity index (χ4n) is 1.41. The lowest BCUT2D eigenvalue weighted by atomic mass is 10.2. The second-order valence-corrected chi connectivity index (χ2v) is 3.23. The number of anilines is 1. The molecule has 0 radical (unpaired) electrons. The van der Waals surface area contributed by atoms with Crippen LogP contribution >= 0.6 is 0 Å². The van der Waals surface area contributed by atoms with Crippen molar-refractivity contribution < 1.29 is 4.57 Å². The molecule has 0 bridgehead atoms. The first-order chi connectivity index (χ1) is 6.88. The van der Waals surface area contributed by atoms with Gasteiger partial charge in [-0.25, -0.2) is 4.57 Å². The summed E-state index contributed by atoms with van der Waals surface area (Å²) in [6.07, 6.45) is 5.89. The molecule has 0 aliphatic rings. The van der Waals surface area contributed by atoms with Crippen LogP contribution in [0, 0.1) is 0 Å². The van der Waals surface area contributed by atoms with Crippen molar-refractivity contribution >= 4 is 5.69 Å². The number of benzene rings is 1. The predicted octanol–water partition coefficient (Wildman–Crippen LogP) is 1.39. The van der Waals surface area contributed by atoms with Gasteiger partial charge in [0.25, 0.3) is 0 Å². The molecule has 0 saturated carbocycles. The average Bonchev–Trinajstić information content (AvgIpc) is 2.72. The normalized spacial score (nSPS) is 10.1. The molecule has 0 amide bonds. The van der Waals surface area contributed by atoms with E-state index in [0.717, 1.165) is 12.2 Å². The molecular weight excluding hydrogens is 174 g/mol. The largest absolute Gasteiger partial charge is 0.388 e. The number of aromatic amines is 1. The van der Waals surface area contributed by atoms with Crippen LogP contribution in [0.4, 0.5) is 5.69 Å². The first kappa shape index (κ1) is 8.81. The molecule has 2 rings (SSSR count). The van der Waals surface area contributed by atoms with Crippen LogP contribution in [0.3, 0.4) is 0 Å². The number of nitrogens with one attached hydrogen (secondary N) is 2. The molecule has 3 heteroatoms. The van der Waals surface area contributed by atoms with Crippen molar-refractivity contribution in [1.29, 1.82) is 0 Å². The van der Waals surface area contributed by atoms with Gasteiger partial charge in [0.2, 0.25) is 6.33 Å². The molecule has 1 aromatic heterocycles. The predicted molar refractivity (Wildman–Crippen MR) is 56.1 cm³/mol. The zero-order chi connectivity index (χ0) is 9.80. The van der Waals surface area contributed by atoms with Gasteiger partial charge in [-0.2, -0.15) is 0 Å². The molecule has 0 aliphatic heterocycles. The summed E-state index contributed by atoms with van der Waals surface area (Å²) in [7, 11) is 1.93. The number of rotatable bonds is 3. The maximum absolute atomic E-state index is 3.10. The molecule has 72 valence electrons. The van der Waals surface area contributed by atoms with Gasteiger partial charge in [0.05, 0.1) is 0 Å². The third kappa shape index (κ3) is 1.93. The van der Waals surface area contributed by atoms with E-state index >= 15 is 0 Å². The highest BCUT2D eigenvalue weighted by Gasteiger charge is 1.98. The number of nitrogens with zero attached hydrogens (tertiary/aromatic N) is 1. The minimum absolute atomic E-state index is 0.910. The fourth-order valence-corrected chi connectivity index (χ4v) is 1.41. The van der Waals surface area contributed by atoms with Crippen LogP contribution in [-0.2, 0) is 6.54 Å². The summed E-state index contributed by atoms with van der Waals surface area (Å²) in [6.45, 7) is 0.910. The van der Waals surface area contributed by atoms with E-state index in [9.17, 15) is 0 Å². The Morgan fingerprint density at radius 1 is 1.29 bits per heavy atom. The quantitative estimate of drug-likeness (QED) is 0.701. The van der Waals surface area contributed by atoms with E-state index in [1.165, 1.54) is 5.56 Å². The molecule has 14 heavy (non-hydrogen) atoms. The standard InChI is InChI=1S/C11H13N3/c1-12-11-4-2-10(3-5-11)8-14-7-6-13-9-14/h2-7,9,12H,8H2,1H3/p+1. The van der Waals surface area contributed by atoms with Crippen LogP contribution < -0.4 is 9.88 Å². The first-order valence-electron chi connectivity index (χ1n) is 4.67. The van der Waals surface area contributed by atoms with Crippen molar-refractivity contribution in [1.82, 2.24) is 4.98 Å². The lowest BCUT2D eigenvalue weighted by Gasteiger charge is -2.01. The van der Waals surface area contributed by atoms with Crippen LogP contribution in [-0.4, -0.2) is 12.0 Å². The molecule has 1 heterocycles. The maximum Gasteiger partial charge on any atom is 0.241 e. The first-order valence-corrected chi connectivity index (χ1v) is 4.67. The Balaban J connectivity index is 2.10. The summed E-state index contributed by atoms with van der Waals surface area (Å²) in [5, 5.41) is 3.10. The van der Waals surface area contributed by atoms with Gasteiger partial charge in [-0.15, -0.1) is 0 Å². The molecule has 0 saturated heterocycles. The third-order valence-electron chi connectivity index (χ3n) is 2.21. The molecule has 2 aromatic rings. The molecule has 2 N–H and O–H groups in total. The molecule has 0 aliphatic carbocycles. The van der Waals surface area contributed by atoms with Crippen LogP contribution in [0.2, 0.25) is 0 Å². The summed E-state index contributed by atoms with van der Waals surface area (Å²) >= 11 is 0. The minimum atomic E-state index is 0.910. The van der Waals surface area contributed by atoms with Crippen LogP contribution in [0.15, 0.2) is 43.0 Å². The highest BCUT2D eigenvalue weighted by Crippen LogP contribution is 2.07. The van der Waals surface area contributed by atoms with Gasteiger partial charge in [0.1, 0.15) is 18.9 Å². The molecular formula is C11H14N3+. The Labute approximate surface area is 83.4 Å². The van der Waals surface area contributed by atoms with Gasteiger partial charge in [-0.1, -0.05) is 12.1 Å². The van der Waals surface area contributed by atoms with E-state index in [0.29, 0.717) is 0 Å². The number of H-pyrrole nitrogens is 1. The smallest absolute Gasteiger partial charge is 0.241 e. The van der Waals surface area contributed by atoms with E-state index in [4.69, 9.17) is 0 Å². The van der Waals surface area contributed by atoms with Crippen LogP contribution in [0.25, 0.3) is 0 Å². The van der Waals surface area contributed by atoms with Gasteiger partial charge in [-0.05, 0) is 17.7 Å². The molecule has 0 fully saturated rings. The Morgan fingerprint density at radius 2 is 2.07 bits per heavy atom. The van der Waals surface area contributed by atoms with Crippen molar-refractivity contribution in [3.63, 3.8) is 0 Å². The summed E-state index contributed by atoms with van der Waals surface area (Å²) in [4.78, 5) is 3.02. The highest BCUT2D eigenvalue weighted by atomic mass is 15.0. The number of hydrogen-bond donors (Lipinski definition) is 2. The number of imidazole rings is 1. The summed E-state index contributed by atoms with van der Waals surface area (Å²) in [5.41, 5.74) is 2.45. The average molecular weight is 188 g/mol. The number of hydrogen-bond acceptors (Lipinski definition) is 1. The van der Waals surface area contributed by atoms with Gasteiger partial charge >= 0.3 is 0 Å². The molecule has 0 spiro atoms. The second-order valence-electron chi connectivity index (χ2n) is 3.23.